The molecule has 0 heterocycles. The van der Waals surface area contributed by atoms with Crippen LogP contribution in [0.25, 0.3) is 0 Å². The van der Waals surface area contributed by atoms with Crippen molar-refractivity contribution >= 4 is 40.4 Å². The van der Waals surface area contributed by atoms with Crippen molar-refractivity contribution in [3.05, 3.63) is 59.1 Å². The number of nitrogens with two attached hydrogens (primary N) is 1. The average Bonchev–Trinajstić information content (AvgIpc) is 2.46. The zero-order chi connectivity index (χ0) is 15.2. The maximum absolute atomic E-state index is 11.9. The molecule has 0 aromatic heterocycles. The first-order valence-electron chi connectivity index (χ1n) is 6.13. The lowest BCUT2D eigenvalue weighted by molar-refractivity contribution is -0.118. The zero-order valence-electron chi connectivity index (χ0n) is 11.0. The summed E-state index contributed by atoms with van der Waals surface area (Å²) in [7, 11) is 0. The average molecular weight is 321 g/mol. The van der Waals surface area contributed by atoms with E-state index in [4.69, 9.17) is 34.3 Å². The van der Waals surface area contributed by atoms with Gasteiger partial charge in [0.2, 0.25) is 0 Å². The molecular formula is C15H13ClN2O2S. The summed E-state index contributed by atoms with van der Waals surface area (Å²) in [6.07, 6.45) is 0. The number of nitrogens with one attached hydrogen (secondary N) is 1. The van der Waals surface area contributed by atoms with Gasteiger partial charge < -0.3 is 15.8 Å². The molecule has 2 aromatic rings. The van der Waals surface area contributed by atoms with Crippen LogP contribution in [-0.2, 0) is 4.79 Å². The molecule has 4 nitrogen and oxygen atoms in total. The van der Waals surface area contributed by atoms with Crippen LogP contribution < -0.4 is 15.8 Å². The first-order valence-corrected chi connectivity index (χ1v) is 6.92. The highest BCUT2D eigenvalue weighted by Gasteiger charge is 2.10. The van der Waals surface area contributed by atoms with Crippen LogP contribution in [0, 0.1) is 0 Å². The number of benzene rings is 2. The minimum Gasteiger partial charge on any atom is -0.484 e. The molecule has 1 amide bonds. The summed E-state index contributed by atoms with van der Waals surface area (Å²) in [5.41, 5.74) is 6.64. The second kappa shape index (κ2) is 7.06. The van der Waals surface area contributed by atoms with Crippen molar-refractivity contribution in [3.8, 4) is 5.75 Å². The van der Waals surface area contributed by atoms with Gasteiger partial charge in [0.05, 0.1) is 5.69 Å². The van der Waals surface area contributed by atoms with Gasteiger partial charge in [-0.1, -0.05) is 42.0 Å². The fraction of sp³-hybridized carbons (Fsp3) is 0.0667. The van der Waals surface area contributed by atoms with Crippen molar-refractivity contribution in [1.82, 2.24) is 0 Å². The Balaban J connectivity index is 2.02. The molecule has 0 atom stereocenters. The molecule has 0 aliphatic heterocycles. The van der Waals surface area contributed by atoms with E-state index in [1.165, 1.54) is 0 Å². The summed E-state index contributed by atoms with van der Waals surface area (Å²) in [4.78, 5) is 12.1. The molecule has 6 heteroatoms. The Kier molecular flexibility index (Phi) is 5.14. The van der Waals surface area contributed by atoms with Crippen LogP contribution in [0.3, 0.4) is 0 Å². The minimum atomic E-state index is -0.321. The molecule has 0 bridgehead atoms. The fourth-order valence-electron chi connectivity index (χ4n) is 1.69. The Morgan fingerprint density at radius 1 is 1.24 bits per heavy atom. The summed E-state index contributed by atoms with van der Waals surface area (Å²) in [5, 5.41) is 3.17. The van der Waals surface area contributed by atoms with E-state index in [2.05, 4.69) is 5.32 Å². The first kappa shape index (κ1) is 15.3. The third-order valence-corrected chi connectivity index (χ3v) is 3.09. The van der Waals surface area contributed by atoms with E-state index in [0.717, 1.165) is 0 Å². The number of ether oxygens (including phenoxy) is 1. The van der Waals surface area contributed by atoms with E-state index in [1.807, 2.05) is 18.2 Å². The summed E-state index contributed by atoms with van der Waals surface area (Å²) in [5.74, 6) is 0.298. The maximum atomic E-state index is 11.9. The third-order valence-electron chi connectivity index (χ3n) is 2.63. The second-order valence-corrected chi connectivity index (χ2v) is 5.08. The van der Waals surface area contributed by atoms with Crippen molar-refractivity contribution in [2.45, 2.75) is 0 Å². The van der Waals surface area contributed by atoms with Gasteiger partial charge in [-0.25, -0.2) is 0 Å². The Bertz CT molecular complexity index is 662. The number of para-hydroxylation sites is 1. The standard InChI is InChI=1S/C15H13ClN2O2S/c16-10-6-7-12(15(17)21)13(8-10)18-14(19)9-20-11-4-2-1-3-5-11/h1-8H,9H2,(H2,17,21)(H,18,19). The van der Waals surface area contributed by atoms with E-state index in [0.29, 0.717) is 22.0 Å². The number of carbonyl (C=O) groups excluding carboxylic acids is 1. The van der Waals surface area contributed by atoms with Gasteiger partial charge in [-0.15, -0.1) is 0 Å². The van der Waals surface area contributed by atoms with Crippen molar-refractivity contribution in [2.75, 3.05) is 11.9 Å². The van der Waals surface area contributed by atoms with Gasteiger partial charge in [0.15, 0.2) is 6.61 Å². The van der Waals surface area contributed by atoms with Crippen LogP contribution in [0.5, 0.6) is 5.75 Å². The lowest BCUT2D eigenvalue weighted by Crippen LogP contribution is -2.22. The first-order chi connectivity index (χ1) is 10.1. The predicted octanol–water partition coefficient (Wildman–Crippen LogP) is 2.99. The Labute approximate surface area is 132 Å². The van der Waals surface area contributed by atoms with Crippen LogP contribution in [-0.4, -0.2) is 17.5 Å². The lowest BCUT2D eigenvalue weighted by atomic mass is 10.2. The maximum Gasteiger partial charge on any atom is 0.262 e. The van der Waals surface area contributed by atoms with Crippen molar-refractivity contribution < 1.29 is 9.53 Å². The quantitative estimate of drug-likeness (QED) is 0.831. The van der Waals surface area contributed by atoms with E-state index in [-0.39, 0.29) is 17.5 Å². The van der Waals surface area contributed by atoms with Gasteiger partial charge >= 0.3 is 0 Å². The summed E-state index contributed by atoms with van der Waals surface area (Å²) < 4.78 is 5.36. The van der Waals surface area contributed by atoms with Gasteiger partial charge in [-0.3, -0.25) is 4.79 Å². The number of hydrogen-bond acceptors (Lipinski definition) is 3. The molecule has 0 aliphatic rings. The lowest BCUT2D eigenvalue weighted by Gasteiger charge is -2.11. The van der Waals surface area contributed by atoms with Gasteiger partial charge in [0, 0.05) is 10.6 Å². The third kappa shape index (κ3) is 4.44. The number of amides is 1. The number of carbonyl (C=O) groups is 1. The Hall–Kier alpha value is -2.11. The summed E-state index contributed by atoms with van der Waals surface area (Å²) in [6.45, 7) is -0.118. The molecule has 2 aromatic carbocycles. The SMILES string of the molecule is NC(=S)c1ccc(Cl)cc1NC(=O)COc1ccccc1. The molecule has 0 fully saturated rings. The van der Waals surface area contributed by atoms with Crippen LogP contribution in [0.1, 0.15) is 5.56 Å². The largest absolute Gasteiger partial charge is 0.484 e. The number of thiocarbonyl (C=S) groups is 1. The van der Waals surface area contributed by atoms with Gasteiger partial charge in [0.1, 0.15) is 10.7 Å². The molecule has 0 saturated heterocycles. The molecule has 0 aliphatic carbocycles. The van der Waals surface area contributed by atoms with Crippen LogP contribution in [0.4, 0.5) is 5.69 Å². The van der Waals surface area contributed by atoms with Gasteiger partial charge in [-0.05, 0) is 30.3 Å². The van der Waals surface area contributed by atoms with E-state index < -0.39 is 0 Å². The highest BCUT2D eigenvalue weighted by molar-refractivity contribution is 7.80. The van der Waals surface area contributed by atoms with Crippen molar-refractivity contribution in [3.63, 3.8) is 0 Å². The predicted molar refractivity (Wildman–Crippen MR) is 87.9 cm³/mol. The van der Waals surface area contributed by atoms with Crippen LogP contribution in [0.2, 0.25) is 5.02 Å². The highest BCUT2D eigenvalue weighted by Crippen LogP contribution is 2.21. The minimum absolute atomic E-state index is 0.118. The van der Waals surface area contributed by atoms with Gasteiger partial charge in [-0.2, -0.15) is 0 Å². The Morgan fingerprint density at radius 2 is 1.95 bits per heavy atom. The van der Waals surface area contributed by atoms with E-state index >= 15 is 0 Å². The molecule has 0 spiro atoms. The second-order valence-electron chi connectivity index (χ2n) is 4.20. The summed E-state index contributed by atoms with van der Waals surface area (Å²) >= 11 is 10.9. The molecule has 0 unspecified atom stereocenters. The molecular weight excluding hydrogens is 308 g/mol. The molecule has 0 saturated carbocycles. The molecule has 2 rings (SSSR count). The molecule has 3 N–H and O–H groups in total. The van der Waals surface area contributed by atoms with Crippen LogP contribution in [0.15, 0.2) is 48.5 Å². The number of halogens is 1. The normalized spacial score (nSPS) is 9.95. The van der Waals surface area contributed by atoms with Crippen molar-refractivity contribution in [1.29, 1.82) is 0 Å². The van der Waals surface area contributed by atoms with Crippen molar-refractivity contribution in [2.24, 2.45) is 5.73 Å². The Morgan fingerprint density at radius 3 is 2.62 bits per heavy atom. The van der Waals surface area contributed by atoms with Gasteiger partial charge in [0.25, 0.3) is 5.91 Å². The smallest absolute Gasteiger partial charge is 0.262 e. The monoisotopic (exact) mass is 320 g/mol. The van der Waals surface area contributed by atoms with E-state index in [9.17, 15) is 4.79 Å². The van der Waals surface area contributed by atoms with E-state index in [1.54, 1.807) is 30.3 Å². The fourth-order valence-corrected chi connectivity index (χ4v) is 2.04. The highest BCUT2D eigenvalue weighted by atomic mass is 35.5. The number of anilines is 1. The zero-order valence-corrected chi connectivity index (χ0v) is 12.6. The number of rotatable bonds is 5. The number of hydrogen-bond donors (Lipinski definition) is 2. The van der Waals surface area contributed by atoms with Crippen LogP contribution >= 0.6 is 23.8 Å². The molecule has 21 heavy (non-hydrogen) atoms. The topological polar surface area (TPSA) is 64.3 Å². The summed E-state index contributed by atoms with van der Waals surface area (Å²) in [6, 6.07) is 14.0. The molecule has 0 radical (unpaired) electrons. The molecule has 108 valence electrons.